The topological polar surface area (TPSA) is 105 Å². The predicted molar refractivity (Wildman–Crippen MR) is 79.2 cm³/mol. The third-order valence-corrected chi connectivity index (χ3v) is 2.85. The Labute approximate surface area is 119 Å². The average Bonchev–Trinajstić information content (AvgIpc) is 2.63. The number of nitrogens with one attached hydrogen (secondary N) is 1. The van der Waals surface area contributed by atoms with Crippen LogP contribution in [0.2, 0.25) is 0 Å². The second kappa shape index (κ2) is 7.89. The van der Waals surface area contributed by atoms with Gasteiger partial charge in [-0.15, -0.1) is 0 Å². The Morgan fingerprint density at radius 3 is 2.90 bits per heavy atom. The van der Waals surface area contributed by atoms with Crippen LogP contribution in [0.25, 0.3) is 0 Å². The smallest absolute Gasteiger partial charge is 0.480 e. The number of fused-ring (bicyclic) bond motifs is 1. The zero-order valence-electron chi connectivity index (χ0n) is 11.8. The first kappa shape index (κ1) is 16.5. The van der Waals surface area contributed by atoms with Crippen molar-refractivity contribution in [3.63, 3.8) is 0 Å². The van der Waals surface area contributed by atoms with Crippen molar-refractivity contribution in [2.75, 3.05) is 18.5 Å². The lowest BCUT2D eigenvalue weighted by Gasteiger charge is -2.12. The van der Waals surface area contributed by atoms with Crippen LogP contribution in [-0.4, -0.2) is 42.4 Å². The number of nitrogens with two attached hydrogens (primary N) is 1. The molecule has 0 amide bonds. The maximum absolute atomic E-state index is 10.7. The van der Waals surface area contributed by atoms with E-state index in [1.807, 2.05) is 13.8 Å². The molecule has 0 radical (unpaired) electrons. The summed E-state index contributed by atoms with van der Waals surface area (Å²) in [6.07, 6.45) is 0.251. The zero-order valence-corrected chi connectivity index (χ0v) is 11.8. The van der Waals surface area contributed by atoms with Crippen molar-refractivity contribution in [1.82, 2.24) is 0 Å². The van der Waals surface area contributed by atoms with E-state index >= 15 is 0 Å². The summed E-state index contributed by atoms with van der Waals surface area (Å²) < 4.78 is 5.16. The van der Waals surface area contributed by atoms with E-state index in [9.17, 15) is 9.82 Å². The van der Waals surface area contributed by atoms with Crippen LogP contribution in [0.4, 0.5) is 5.69 Å². The van der Waals surface area contributed by atoms with E-state index in [2.05, 4.69) is 5.32 Å². The minimum absolute atomic E-state index is 0.251. The van der Waals surface area contributed by atoms with Gasteiger partial charge in [-0.05, 0) is 18.1 Å². The van der Waals surface area contributed by atoms with Gasteiger partial charge in [-0.2, -0.15) is 0 Å². The number of carboxylic acid groups (broad SMARTS) is 1. The molecule has 0 fully saturated rings. The molecule has 1 atom stereocenters. The molecule has 20 heavy (non-hydrogen) atoms. The van der Waals surface area contributed by atoms with Gasteiger partial charge in [-0.3, -0.25) is 4.79 Å². The van der Waals surface area contributed by atoms with Gasteiger partial charge in [0.25, 0.3) is 0 Å². The van der Waals surface area contributed by atoms with Crippen LogP contribution < -0.4 is 16.5 Å². The second-order valence-corrected chi connectivity index (χ2v) is 4.22. The number of anilines is 1. The number of hydrogen-bond donors (Lipinski definition) is 4. The van der Waals surface area contributed by atoms with Crippen molar-refractivity contribution in [2.24, 2.45) is 5.73 Å². The fourth-order valence-electron chi connectivity index (χ4n) is 1.89. The van der Waals surface area contributed by atoms with E-state index in [4.69, 9.17) is 15.5 Å². The summed E-state index contributed by atoms with van der Waals surface area (Å²) in [5.74, 6) is -1.03. The molecule has 0 spiro atoms. The Balaban J connectivity index is 0.000000956. The number of aliphatic carboxylic acids is 1. The predicted octanol–water partition coefficient (Wildman–Crippen LogP) is -0.203. The summed E-state index contributed by atoms with van der Waals surface area (Å²) in [7, 11) is -0.947. The molecule has 0 saturated heterocycles. The van der Waals surface area contributed by atoms with Gasteiger partial charge in [-0.1, -0.05) is 26.0 Å². The van der Waals surface area contributed by atoms with Crippen LogP contribution in [0.1, 0.15) is 19.4 Å². The highest BCUT2D eigenvalue weighted by atomic mass is 16.5. The molecule has 1 aliphatic rings. The molecule has 0 aromatic heterocycles. The monoisotopic (exact) mass is 280 g/mol. The zero-order chi connectivity index (χ0) is 15.1. The van der Waals surface area contributed by atoms with Gasteiger partial charge >= 0.3 is 13.1 Å². The van der Waals surface area contributed by atoms with Crippen LogP contribution in [0.5, 0.6) is 0 Å². The first-order valence-electron chi connectivity index (χ1n) is 6.72. The summed E-state index contributed by atoms with van der Waals surface area (Å²) in [4.78, 5) is 10.7. The van der Waals surface area contributed by atoms with Gasteiger partial charge in [0, 0.05) is 24.3 Å². The summed E-state index contributed by atoms with van der Waals surface area (Å²) in [5, 5.41) is 21.6. The maximum atomic E-state index is 10.7. The maximum Gasteiger partial charge on any atom is 0.493 e. The molecule has 5 N–H and O–H groups in total. The molecule has 7 heteroatoms. The van der Waals surface area contributed by atoms with Crippen molar-refractivity contribution in [2.45, 2.75) is 26.3 Å². The number of hydrogen-bond acceptors (Lipinski definition) is 5. The Kier molecular flexibility index (Phi) is 6.50. The molecule has 1 aromatic carbocycles. The SMILES string of the molecule is CC.NC(Cc1ccc2c(c1)NCCOB2O)C(=O)O. The quantitative estimate of drug-likeness (QED) is 0.571. The molecule has 0 saturated carbocycles. The van der Waals surface area contributed by atoms with Gasteiger partial charge in [0.15, 0.2) is 0 Å². The molecule has 110 valence electrons. The third-order valence-electron chi connectivity index (χ3n) is 2.85. The fraction of sp³-hybridized carbons (Fsp3) is 0.462. The van der Waals surface area contributed by atoms with Crippen molar-refractivity contribution >= 4 is 24.2 Å². The number of benzene rings is 1. The Bertz CT molecular complexity index is 456. The Morgan fingerprint density at radius 1 is 1.55 bits per heavy atom. The normalized spacial score (nSPS) is 15.1. The lowest BCUT2D eigenvalue weighted by atomic mass is 9.78. The first-order valence-corrected chi connectivity index (χ1v) is 6.72. The second-order valence-electron chi connectivity index (χ2n) is 4.22. The molecule has 0 aliphatic carbocycles. The van der Waals surface area contributed by atoms with E-state index in [0.29, 0.717) is 18.6 Å². The van der Waals surface area contributed by atoms with Gasteiger partial charge in [0.05, 0.1) is 0 Å². The summed E-state index contributed by atoms with van der Waals surface area (Å²) >= 11 is 0. The summed E-state index contributed by atoms with van der Waals surface area (Å²) in [6, 6.07) is 4.36. The van der Waals surface area contributed by atoms with Crippen LogP contribution in [0, 0.1) is 0 Å². The third kappa shape index (κ3) is 4.23. The molecule has 1 aromatic rings. The highest BCUT2D eigenvalue weighted by Gasteiger charge is 2.23. The molecular weight excluding hydrogens is 259 g/mol. The van der Waals surface area contributed by atoms with E-state index < -0.39 is 19.1 Å². The highest BCUT2D eigenvalue weighted by Crippen LogP contribution is 2.13. The minimum Gasteiger partial charge on any atom is -0.480 e. The van der Waals surface area contributed by atoms with Crippen molar-refractivity contribution in [1.29, 1.82) is 0 Å². The average molecular weight is 280 g/mol. The van der Waals surface area contributed by atoms with Crippen LogP contribution in [0.15, 0.2) is 18.2 Å². The lowest BCUT2D eigenvalue weighted by molar-refractivity contribution is -0.138. The minimum atomic E-state index is -1.03. The fourth-order valence-corrected chi connectivity index (χ4v) is 1.89. The summed E-state index contributed by atoms with van der Waals surface area (Å²) in [5.41, 5.74) is 7.71. The largest absolute Gasteiger partial charge is 0.493 e. The molecule has 1 unspecified atom stereocenters. The number of carboxylic acids is 1. The molecule has 1 heterocycles. The molecule has 2 rings (SSSR count). The van der Waals surface area contributed by atoms with Crippen LogP contribution >= 0.6 is 0 Å². The van der Waals surface area contributed by atoms with Gasteiger partial charge in [-0.25, -0.2) is 0 Å². The number of rotatable bonds is 3. The molecule has 6 nitrogen and oxygen atoms in total. The van der Waals surface area contributed by atoms with E-state index in [-0.39, 0.29) is 6.42 Å². The first-order chi connectivity index (χ1) is 9.58. The summed E-state index contributed by atoms with van der Waals surface area (Å²) in [6.45, 7) is 5.01. The molecule has 0 bridgehead atoms. The van der Waals surface area contributed by atoms with Gasteiger partial charge in [0.1, 0.15) is 6.04 Å². The van der Waals surface area contributed by atoms with E-state index in [1.54, 1.807) is 18.2 Å². The van der Waals surface area contributed by atoms with E-state index in [1.165, 1.54) is 0 Å². The van der Waals surface area contributed by atoms with Crippen molar-refractivity contribution < 1.29 is 19.6 Å². The highest BCUT2D eigenvalue weighted by molar-refractivity contribution is 6.62. The standard InChI is InChI=1S/C11H15BN2O4.C2H6/c13-9(11(15)16)5-7-1-2-8-10(6-7)14-3-4-18-12(8)17;1-2/h1-2,6,9,14,17H,3-5,13H2,(H,15,16);1-2H3. The van der Waals surface area contributed by atoms with Gasteiger partial charge < -0.3 is 25.8 Å². The van der Waals surface area contributed by atoms with Gasteiger partial charge in [0.2, 0.25) is 0 Å². The molecule has 1 aliphatic heterocycles. The van der Waals surface area contributed by atoms with Crippen LogP contribution in [0.3, 0.4) is 0 Å². The van der Waals surface area contributed by atoms with Crippen molar-refractivity contribution in [3.8, 4) is 0 Å². The number of carbonyl (C=O) groups is 1. The Morgan fingerprint density at radius 2 is 2.25 bits per heavy atom. The van der Waals surface area contributed by atoms with Crippen molar-refractivity contribution in [3.05, 3.63) is 23.8 Å². The van der Waals surface area contributed by atoms with Crippen LogP contribution in [-0.2, 0) is 15.9 Å². The van der Waals surface area contributed by atoms with E-state index in [0.717, 1.165) is 11.3 Å². The molecular formula is C13H21BN2O4. The Hall–Kier alpha value is -1.57. The lowest BCUT2D eigenvalue weighted by Crippen LogP contribution is -2.34.